The average Bonchev–Trinajstić information content (AvgIpc) is 2.57. The number of fused-ring (bicyclic) bond motifs is 1. The lowest BCUT2D eigenvalue weighted by atomic mass is 10.1. The molecule has 15 heavy (non-hydrogen) atoms. The van der Waals surface area contributed by atoms with E-state index in [-0.39, 0.29) is 0 Å². The summed E-state index contributed by atoms with van der Waals surface area (Å²) in [5.74, 6) is 0. The van der Waals surface area contributed by atoms with Crippen molar-refractivity contribution in [3.63, 3.8) is 0 Å². The molecule has 1 N–H and O–H groups in total. The van der Waals surface area contributed by atoms with Crippen LogP contribution in [-0.4, -0.2) is 62.2 Å². The lowest BCUT2D eigenvalue weighted by Crippen LogP contribution is -2.42. The Morgan fingerprint density at radius 3 is 3.00 bits per heavy atom. The molecule has 3 heteroatoms. The van der Waals surface area contributed by atoms with Crippen molar-refractivity contribution in [2.24, 2.45) is 0 Å². The summed E-state index contributed by atoms with van der Waals surface area (Å²) in [5, 5.41) is 3.59. The molecule has 2 fully saturated rings. The number of hydrogen-bond acceptors (Lipinski definition) is 3. The highest BCUT2D eigenvalue weighted by Gasteiger charge is 2.31. The van der Waals surface area contributed by atoms with E-state index in [4.69, 9.17) is 0 Å². The van der Waals surface area contributed by atoms with Gasteiger partial charge in [0.25, 0.3) is 0 Å². The minimum atomic E-state index is 0.780. The van der Waals surface area contributed by atoms with Crippen molar-refractivity contribution < 1.29 is 0 Å². The van der Waals surface area contributed by atoms with Crippen molar-refractivity contribution in [3.05, 3.63) is 0 Å². The van der Waals surface area contributed by atoms with Crippen LogP contribution >= 0.6 is 0 Å². The lowest BCUT2D eigenvalue weighted by Gasteiger charge is -2.31. The third-order valence-electron chi connectivity index (χ3n) is 3.84. The van der Waals surface area contributed by atoms with Gasteiger partial charge in [-0.05, 0) is 59.4 Å². The Hall–Kier alpha value is -0.120. The number of rotatable bonds is 3. The quantitative estimate of drug-likeness (QED) is 0.744. The van der Waals surface area contributed by atoms with Crippen molar-refractivity contribution in [3.8, 4) is 0 Å². The Kier molecular flexibility index (Phi) is 4.00. The van der Waals surface area contributed by atoms with Crippen molar-refractivity contribution in [1.82, 2.24) is 15.1 Å². The lowest BCUT2D eigenvalue weighted by molar-refractivity contribution is 0.171. The molecule has 0 aromatic heterocycles. The van der Waals surface area contributed by atoms with Crippen molar-refractivity contribution in [1.29, 1.82) is 0 Å². The van der Waals surface area contributed by atoms with Crippen LogP contribution in [0.5, 0.6) is 0 Å². The van der Waals surface area contributed by atoms with Gasteiger partial charge >= 0.3 is 0 Å². The summed E-state index contributed by atoms with van der Waals surface area (Å²) in [5.41, 5.74) is 0. The van der Waals surface area contributed by atoms with Gasteiger partial charge in [-0.2, -0.15) is 0 Å². The van der Waals surface area contributed by atoms with Gasteiger partial charge in [0.2, 0.25) is 0 Å². The van der Waals surface area contributed by atoms with Crippen LogP contribution < -0.4 is 5.32 Å². The van der Waals surface area contributed by atoms with Crippen LogP contribution in [0.25, 0.3) is 0 Å². The van der Waals surface area contributed by atoms with Crippen LogP contribution in [0.15, 0.2) is 0 Å². The molecular formula is C12H25N3. The van der Waals surface area contributed by atoms with E-state index in [1.54, 1.807) is 0 Å². The zero-order valence-electron chi connectivity index (χ0n) is 10.2. The molecule has 2 rings (SSSR count). The van der Waals surface area contributed by atoms with E-state index < -0.39 is 0 Å². The first-order valence-corrected chi connectivity index (χ1v) is 6.38. The van der Waals surface area contributed by atoms with E-state index in [9.17, 15) is 0 Å². The zero-order valence-corrected chi connectivity index (χ0v) is 10.2. The molecule has 0 bridgehead atoms. The first kappa shape index (κ1) is 11.4. The Morgan fingerprint density at radius 1 is 1.33 bits per heavy atom. The van der Waals surface area contributed by atoms with Gasteiger partial charge in [0.05, 0.1) is 0 Å². The molecule has 0 radical (unpaired) electrons. The molecule has 3 nitrogen and oxygen atoms in total. The molecule has 2 aliphatic rings. The molecule has 2 aliphatic heterocycles. The number of hydrogen-bond donors (Lipinski definition) is 1. The minimum Gasteiger partial charge on any atom is -0.315 e. The van der Waals surface area contributed by atoms with Crippen LogP contribution in [0.1, 0.15) is 25.7 Å². The van der Waals surface area contributed by atoms with Gasteiger partial charge in [-0.25, -0.2) is 0 Å². The highest BCUT2D eigenvalue weighted by Crippen LogP contribution is 2.25. The van der Waals surface area contributed by atoms with E-state index in [1.807, 2.05) is 0 Å². The Labute approximate surface area is 93.8 Å². The molecule has 2 heterocycles. The summed E-state index contributed by atoms with van der Waals surface area (Å²) >= 11 is 0. The van der Waals surface area contributed by atoms with E-state index in [1.165, 1.54) is 51.9 Å². The maximum absolute atomic E-state index is 3.59. The summed E-state index contributed by atoms with van der Waals surface area (Å²) in [6.45, 7) is 4.98. The van der Waals surface area contributed by atoms with E-state index in [0.29, 0.717) is 0 Å². The topological polar surface area (TPSA) is 18.5 Å². The molecule has 0 aromatic carbocycles. The van der Waals surface area contributed by atoms with Crippen LogP contribution in [0.3, 0.4) is 0 Å². The molecule has 88 valence electrons. The standard InChI is InChI=1S/C12H25N3/c1-14(2)9-6-12-10-13-7-5-11-4-3-8-15(11)12/h11-13H,3-10H2,1-2H3. The Morgan fingerprint density at radius 2 is 2.20 bits per heavy atom. The van der Waals surface area contributed by atoms with Gasteiger partial charge in [0.1, 0.15) is 0 Å². The van der Waals surface area contributed by atoms with Gasteiger partial charge in [-0.3, -0.25) is 4.90 Å². The molecule has 2 saturated heterocycles. The smallest absolute Gasteiger partial charge is 0.0235 e. The number of nitrogens with one attached hydrogen (secondary N) is 1. The third kappa shape index (κ3) is 2.92. The normalized spacial score (nSPS) is 33.0. The number of nitrogens with zero attached hydrogens (tertiary/aromatic N) is 2. The van der Waals surface area contributed by atoms with Gasteiger partial charge in [-0.1, -0.05) is 0 Å². The Balaban J connectivity index is 1.89. The molecule has 0 saturated carbocycles. The van der Waals surface area contributed by atoms with Crippen LogP contribution in [0.4, 0.5) is 0 Å². The average molecular weight is 211 g/mol. The van der Waals surface area contributed by atoms with Crippen LogP contribution in [0.2, 0.25) is 0 Å². The van der Waals surface area contributed by atoms with Crippen LogP contribution in [-0.2, 0) is 0 Å². The van der Waals surface area contributed by atoms with E-state index in [0.717, 1.165) is 12.1 Å². The van der Waals surface area contributed by atoms with E-state index in [2.05, 4.69) is 29.2 Å². The van der Waals surface area contributed by atoms with Crippen molar-refractivity contribution in [2.45, 2.75) is 37.8 Å². The molecule has 0 aliphatic carbocycles. The maximum Gasteiger partial charge on any atom is 0.0235 e. The fourth-order valence-corrected chi connectivity index (χ4v) is 2.98. The first-order chi connectivity index (χ1) is 7.27. The predicted octanol–water partition coefficient (Wildman–Crippen LogP) is 0.764. The summed E-state index contributed by atoms with van der Waals surface area (Å²) < 4.78 is 0. The fraction of sp³-hybridized carbons (Fsp3) is 1.00. The highest BCUT2D eigenvalue weighted by molar-refractivity contribution is 4.89. The van der Waals surface area contributed by atoms with Gasteiger partial charge in [0.15, 0.2) is 0 Å². The molecule has 2 unspecified atom stereocenters. The molecule has 0 aromatic rings. The van der Waals surface area contributed by atoms with Gasteiger partial charge < -0.3 is 10.2 Å². The molecule has 2 atom stereocenters. The van der Waals surface area contributed by atoms with E-state index >= 15 is 0 Å². The second kappa shape index (κ2) is 5.28. The molecular weight excluding hydrogens is 186 g/mol. The second-order valence-electron chi connectivity index (χ2n) is 5.27. The summed E-state index contributed by atoms with van der Waals surface area (Å²) in [7, 11) is 4.34. The minimum absolute atomic E-state index is 0.780. The monoisotopic (exact) mass is 211 g/mol. The van der Waals surface area contributed by atoms with Crippen LogP contribution in [0, 0.1) is 0 Å². The Bertz CT molecular complexity index is 193. The van der Waals surface area contributed by atoms with Crippen molar-refractivity contribution in [2.75, 3.05) is 40.3 Å². The highest BCUT2D eigenvalue weighted by atomic mass is 15.2. The van der Waals surface area contributed by atoms with Crippen molar-refractivity contribution >= 4 is 0 Å². The summed E-state index contributed by atoms with van der Waals surface area (Å²) in [6, 6.07) is 1.66. The molecule has 0 spiro atoms. The summed E-state index contributed by atoms with van der Waals surface area (Å²) in [4.78, 5) is 5.07. The second-order valence-corrected chi connectivity index (χ2v) is 5.27. The SMILES string of the molecule is CN(C)CCC1CNCCC2CCCN21. The van der Waals surface area contributed by atoms with Gasteiger partial charge in [0, 0.05) is 18.6 Å². The third-order valence-corrected chi connectivity index (χ3v) is 3.84. The fourth-order valence-electron chi connectivity index (χ4n) is 2.98. The van der Waals surface area contributed by atoms with Gasteiger partial charge in [-0.15, -0.1) is 0 Å². The molecule has 0 amide bonds. The largest absolute Gasteiger partial charge is 0.315 e. The maximum atomic E-state index is 3.59. The first-order valence-electron chi connectivity index (χ1n) is 6.38. The summed E-state index contributed by atoms with van der Waals surface area (Å²) in [6.07, 6.45) is 5.53. The predicted molar refractivity (Wildman–Crippen MR) is 64.2 cm³/mol. The zero-order chi connectivity index (χ0) is 10.7.